The van der Waals surface area contributed by atoms with Crippen LogP contribution in [0.1, 0.15) is 58.7 Å². The zero-order valence-corrected chi connectivity index (χ0v) is 29.6. The molecule has 8 atom stereocenters. The molecule has 0 radical (unpaired) electrons. The predicted molar refractivity (Wildman–Crippen MR) is 147 cm³/mol. The van der Waals surface area contributed by atoms with Gasteiger partial charge in [-0.15, -0.1) is 0 Å². The number of carbonyl (C=O) groups is 2. The van der Waals surface area contributed by atoms with Crippen molar-refractivity contribution in [2.75, 3.05) is 6.61 Å². The van der Waals surface area contributed by atoms with Crippen molar-refractivity contribution in [2.45, 2.75) is 65.6 Å². The van der Waals surface area contributed by atoms with Crippen molar-refractivity contribution in [2.24, 2.45) is 34.5 Å². The van der Waals surface area contributed by atoms with Crippen LogP contribution in [-0.4, -0.2) is 50.1 Å². The summed E-state index contributed by atoms with van der Waals surface area (Å²) in [5, 5.41) is 28.6. The van der Waals surface area contributed by atoms with E-state index < -0.39 is 35.5 Å². The Kier molecular flexibility index (Phi) is 7.36. The van der Waals surface area contributed by atoms with E-state index in [1.165, 1.54) is 18.1 Å². The van der Waals surface area contributed by atoms with Crippen LogP contribution < -0.4 is 0 Å². The van der Waals surface area contributed by atoms with Crippen LogP contribution >= 0.6 is 0 Å². The molecule has 0 bridgehead atoms. The average molecular weight is 731 g/mol. The number of nitrogens with zero attached hydrogens (tertiary/aromatic N) is 2. The second-order valence-corrected chi connectivity index (χ2v) is 12.8. The number of allylic oxidation sites excluding steroid dienone is 3. The van der Waals surface area contributed by atoms with Crippen LogP contribution in [0, 0.1) is 34.5 Å². The number of aromatic nitrogens is 2. The summed E-state index contributed by atoms with van der Waals surface area (Å²) in [5.74, 6) is -1.38. The number of rotatable bonds is 4. The van der Waals surface area contributed by atoms with E-state index in [4.69, 9.17) is 9.84 Å². The zero-order valence-electron chi connectivity index (χ0n) is 24.1. The first kappa shape index (κ1) is 29.4. The molecule has 7 nitrogen and oxygen atoms in total. The van der Waals surface area contributed by atoms with Crippen LogP contribution in [0.3, 0.4) is 0 Å². The van der Waals surface area contributed by atoms with Crippen LogP contribution in [0.4, 0.5) is 0 Å². The third-order valence-electron chi connectivity index (χ3n) is 10.7. The monoisotopic (exact) mass is 732 g/mol. The molecule has 4 aliphatic carbocycles. The van der Waals surface area contributed by atoms with Gasteiger partial charge in [0.15, 0.2) is 6.61 Å². The smallest absolute Gasteiger partial charge is 0.303 e. The Morgan fingerprint density at radius 2 is 1.90 bits per heavy atom. The molecular weight excluding hydrogens is 693 g/mol. The number of para-hydroxylation sites is 1. The molecular formula is C32H38HgN2O5. The molecule has 2 fully saturated rings. The number of Topliss-reactive ketones (excluding diaryl/α,β-unsaturated/α-hetero) is 1. The third-order valence-corrected chi connectivity index (χ3v) is 10.7. The maximum absolute atomic E-state index is 13.4. The number of carbonyl (C=O) groups excluding carboxylic acids is 2. The van der Waals surface area contributed by atoms with Crippen molar-refractivity contribution in [3.05, 3.63) is 65.0 Å². The van der Waals surface area contributed by atoms with Gasteiger partial charge in [-0.2, -0.15) is 5.10 Å². The van der Waals surface area contributed by atoms with E-state index in [0.29, 0.717) is 12.8 Å². The summed E-state index contributed by atoms with van der Waals surface area (Å²) in [4.78, 5) is 24.8. The predicted octanol–water partition coefficient (Wildman–Crippen LogP) is 4.30. The van der Waals surface area contributed by atoms with Gasteiger partial charge >= 0.3 is 5.97 Å². The van der Waals surface area contributed by atoms with Gasteiger partial charge in [0, 0.05) is 51.3 Å². The summed E-state index contributed by atoms with van der Waals surface area (Å²) in [6.07, 6.45) is 7.52. The Bertz CT molecular complexity index is 1420. The van der Waals surface area contributed by atoms with Gasteiger partial charge in [0.25, 0.3) is 0 Å². The Labute approximate surface area is 256 Å². The topological polar surface area (TPSA) is 102 Å². The number of benzene rings is 1. The number of ether oxygens (including phenoxy) is 1. The van der Waals surface area contributed by atoms with Gasteiger partial charge in [-0.3, -0.25) is 9.59 Å². The Balaban J connectivity index is 0.00000323. The summed E-state index contributed by atoms with van der Waals surface area (Å²) in [6, 6.07) is 10.1. The largest absolute Gasteiger partial charge is 0.458 e. The van der Waals surface area contributed by atoms with Crippen LogP contribution in [0.25, 0.3) is 11.8 Å². The summed E-state index contributed by atoms with van der Waals surface area (Å²) >= 11 is 0. The van der Waals surface area contributed by atoms with Gasteiger partial charge in [-0.05, 0) is 73.3 Å². The molecule has 0 unspecified atom stereocenters. The molecule has 8 heteroatoms. The molecule has 0 aliphatic heterocycles. The first-order valence-corrected chi connectivity index (χ1v) is 14.0. The van der Waals surface area contributed by atoms with Gasteiger partial charge in [-0.1, -0.05) is 50.6 Å². The number of aliphatic hydroxyl groups is 2. The van der Waals surface area contributed by atoms with E-state index in [0.717, 1.165) is 23.4 Å². The van der Waals surface area contributed by atoms with Gasteiger partial charge < -0.3 is 14.9 Å². The molecule has 4 aliphatic rings. The van der Waals surface area contributed by atoms with Crippen molar-refractivity contribution in [3.8, 4) is 5.69 Å². The fourth-order valence-corrected chi connectivity index (χ4v) is 9.04. The number of hydrogen-bond donors (Lipinski definition) is 2. The molecule has 2 N–H and O–H groups in total. The SMILES string of the molecule is CC(=O)OCC(=O)[C@@]1(O)[C@H](C)C[C@H]2[C@@H]3C=C(C)C4=Cc5c(cnn5-c5ccccc5)C[C@]4(C)[C@H]3[C@@H](O)C[C@@]21C.[Hg]. The molecule has 0 saturated heterocycles. The van der Waals surface area contributed by atoms with E-state index >= 15 is 0 Å². The molecule has 6 rings (SSSR count). The summed E-state index contributed by atoms with van der Waals surface area (Å²) in [5.41, 5.74) is 2.83. The first-order chi connectivity index (χ1) is 18.4. The molecule has 1 heterocycles. The van der Waals surface area contributed by atoms with E-state index in [2.05, 4.69) is 38.1 Å². The van der Waals surface area contributed by atoms with Crippen LogP contribution in [0.15, 0.2) is 53.8 Å². The molecule has 0 amide bonds. The van der Waals surface area contributed by atoms with E-state index in [1.807, 2.05) is 42.9 Å². The summed E-state index contributed by atoms with van der Waals surface area (Å²) in [7, 11) is 0. The van der Waals surface area contributed by atoms with E-state index in [1.54, 1.807) is 0 Å². The molecule has 40 heavy (non-hydrogen) atoms. The number of hydrogen-bond acceptors (Lipinski definition) is 6. The second-order valence-electron chi connectivity index (χ2n) is 12.8. The molecule has 0 spiro atoms. The Morgan fingerprint density at radius 1 is 1.20 bits per heavy atom. The molecule has 2 saturated carbocycles. The number of esters is 1. The van der Waals surface area contributed by atoms with Crippen LogP contribution in [0.2, 0.25) is 0 Å². The minimum atomic E-state index is -1.67. The molecule has 1 aromatic carbocycles. The average Bonchev–Trinajstić information content (AvgIpc) is 3.38. The minimum Gasteiger partial charge on any atom is -0.458 e. The molecule has 2 aromatic rings. The van der Waals surface area contributed by atoms with Crippen molar-refractivity contribution in [1.29, 1.82) is 0 Å². The van der Waals surface area contributed by atoms with Gasteiger partial charge in [0.1, 0.15) is 5.60 Å². The summed E-state index contributed by atoms with van der Waals surface area (Å²) in [6.45, 7) is 9.08. The maximum Gasteiger partial charge on any atom is 0.303 e. The fourth-order valence-electron chi connectivity index (χ4n) is 9.04. The van der Waals surface area contributed by atoms with Crippen molar-refractivity contribution in [3.63, 3.8) is 0 Å². The zero-order chi connectivity index (χ0) is 27.9. The van der Waals surface area contributed by atoms with E-state index in [9.17, 15) is 19.8 Å². The maximum atomic E-state index is 13.4. The second kappa shape index (κ2) is 10.0. The van der Waals surface area contributed by atoms with Crippen molar-refractivity contribution < 1.29 is 52.2 Å². The minimum absolute atomic E-state index is 0. The summed E-state index contributed by atoms with van der Waals surface area (Å²) < 4.78 is 7.01. The Hall–Kier alpha value is -2.09. The fraction of sp³-hybridized carbons (Fsp3) is 0.531. The van der Waals surface area contributed by atoms with Crippen LogP contribution in [0.5, 0.6) is 0 Å². The quantitative estimate of drug-likeness (QED) is 0.360. The number of ketones is 1. The van der Waals surface area contributed by atoms with Gasteiger partial charge in [0.05, 0.1) is 23.7 Å². The normalized spacial score (nSPS) is 37.5. The van der Waals surface area contributed by atoms with Crippen LogP contribution in [-0.2, 0) is 48.4 Å². The van der Waals surface area contributed by atoms with Gasteiger partial charge in [0.2, 0.25) is 5.78 Å². The van der Waals surface area contributed by atoms with Crippen molar-refractivity contribution >= 4 is 17.8 Å². The number of fused-ring (bicyclic) bond motifs is 6. The standard InChI is InChI=1S/C32H38N2O5.Hg/c1-18-11-23-25-12-19(2)32(38,28(37)17-39-20(3)35)31(25,5)15-27(36)29(23)30(4)14-21-16-33-34(26(21)13-24(18)30)22-9-7-6-8-10-22;/h6-11,13,16,19,23,25,27,29,36,38H,12,14-15,17H2,1-5H3;/t19-,23+,25+,27+,29-,30+,31+,32+;/m1./s1. The van der Waals surface area contributed by atoms with E-state index in [-0.39, 0.29) is 56.8 Å². The Morgan fingerprint density at radius 3 is 2.58 bits per heavy atom. The first-order valence-electron chi connectivity index (χ1n) is 14.0. The number of aliphatic hydroxyl groups excluding tert-OH is 1. The molecule has 1 aromatic heterocycles. The third kappa shape index (κ3) is 3.98. The molecule has 208 valence electrons. The van der Waals surface area contributed by atoms with Gasteiger partial charge in [-0.25, -0.2) is 4.68 Å². The van der Waals surface area contributed by atoms with Crippen molar-refractivity contribution in [1.82, 2.24) is 9.78 Å².